The molecule has 1 N–H and O–H groups in total. The van der Waals surface area contributed by atoms with E-state index in [0.717, 1.165) is 11.3 Å². The van der Waals surface area contributed by atoms with Crippen molar-refractivity contribution in [2.24, 2.45) is 0 Å². The SMILES string of the molecule is Cc1ccc(F)c(C(=O)N2CCSCC2CC(=O)O)c1. The predicted octanol–water partition coefficient (Wildman–Crippen LogP) is 2.17. The lowest BCUT2D eigenvalue weighted by Crippen LogP contribution is -2.47. The largest absolute Gasteiger partial charge is 0.481 e. The highest BCUT2D eigenvalue weighted by Gasteiger charge is 2.30. The molecule has 1 aromatic rings. The molecular formula is C14H16FNO3S. The van der Waals surface area contributed by atoms with Crippen molar-refractivity contribution in [3.8, 4) is 0 Å². The first-order valence-electron chi connectivity index (χ1n) is 6.35. The van der Waals surface area contributed by atoms with Crippen LogP contribution in [0.25, 0.3) is 0 Å². The van der Waals surface area contributed by atoms with Crippen LogP contribution in [0.2, 0.25) is 0 Å². The van der Waals surface area contributed by atoms with Crippen LogP contribution in [0, 0.1) is 12.7 Å². The second-order valence-electron chi connectivity index (χ2n) is 4.81. The van der Waals surface area contributed by atoms with Crippen LogP contribution in [-0.4, -0.2) is 46.0 Å². The maximum absolute atomic E-state index is 13.8. The first-order valence-corrected chi connectivity index (χ1v) is 7.51. The van der Waals surface area contributed by atoms with Crippen molar-refractivity contribution in [3.63, 3.8) is 0 Å². The molecule has 0 bridgehead atoms. The number of amides is 1. The highest BCUT2D eigenvalue weighted by Crippen LogP contribution is 2.22. The van der Waals surface area contributed by atoms with Gasteiger partial charge in [-0.15, -0.1) is 0 Å². The molecule has 0 aliphatic carbocycles. The van der Waals surface area contributed by atoms with Gasteiger partial charge in [-0.1, -0.05) is 11.6 Å². The number of carboxylic acids is 1. The molecule has 1 atom stereocenters. The van der Waals surface area contributed by atoms with Gasteiger partial charge in [-0.05, 0) is 19.1 Å². The van der Waals surface area contributed by atoms with Gasteiger partial charge in [-0.3, -0.25) is 9.59 Å². The summed E-state index contributed by atoms with van der Waals surface area (Å²) in [7, 11) is 0. The summed E-state index contributed by atoms with van der Waals surface area (Å²) in [5, 5.41) is 8.91. The second-order valence-corrected chi connectivity index (χ2v) is 5.96. The van der Waals surface area contributed by atoms with Crippen LogP contribution in [0.5, 0.6) is 0 Å². The number of hydrogen-bond donors (Lipinski definition) is 1. The van der Waals surface area contributed by atoms with Crippen LogP contribution in [0.4, 0.5) is 4.39 Å². The molecule has 1 aliphatic rings. The van der Waals surface area contributed by atoms with E-state index in [4.69, 9.17) is 5.11 Å². The third kappa shape index (κ3) is 3.30. The molecule has 20 heavy (non-hydrogen) atoms. The molecule has 1 saturated heterocycles. The Kier molecular flexibility index (Phi) is 4.65. The van der Waals surface area contributed by atoms with Crippen LogP contribution >= 0.6 is 11.8 Å². The minimum Gasteiger partial charge on any atom is -0.481 e. The molecule has 0 saturated carbocycles. The molecule has 1 aliphatic heterocycles. The average molecular weight is 297 g/mol. The van der Waals surface area contributed by atoms with Crippen molar-refractivity contribution in [2.75, 3.05) is 18.1 Å². The Labute approximate surface area is 121 Å². The standard InChI is InChI=1S/C14H16FNO3S/c1-9-2-3-12(15)11(6-9)14(19)16-4-5-20-8-10(16)7-13(17)18/h2-3,6,10H,4-5,7-8H2,1H3,(H,17,18). The van der Waals surface area contributed by atoms with Crippen molar-refractivity contribution in [1.29, 1.82) is 0 Å². The van der Waals surface area contributed by atoms with E-state index in [0.29, 0.717) is 12.3 Å². The number of benzene rings is 1. The number of thioether (sulfide) groups is 1. The number of carbonyl (C=O) groups excluding carboxylic acids is 1. The fourth-order valence-electron chi connectivity index (χ4n) is 2.25. The van der Waals surface area contributed by atoms with Gasteiger partial charge in [0, 0.05) is 18.1 Å². The average Bonchev–Trinajstić information content (AvgIpc) is 2.41. The zero-order chi connectivity index (χ0) is 14.7. The number of aliphatic carboxylic acids is 1. The number of nitrogens with zero attached hydrogens (tertiary/aromatic N) is 1. The van der Waals surface area contributed by atoms with Gasteiger partial charge in [0.25, 0.3) is 5.91 Å². The molecule has 108 valence electrons. The Bertz CT molecular complexity index is 535. The lowest BCUT2D eigenvalue weighted by Gasteiger charge is -2.34. The fraction of sp³-hybridized carbons (Fsp3) is 0.429. The van der Waals surface area contributed by atoms with E-state index in [1.165, 1.54) is 17.0 Å². The van der Waals surface area contributed by atoms with Crippen LogP contribution in [0.15, 0.2) is 18.2 Å². The molecule has 4 nitrogen and oxygen atoms in total. The highest BCUT2D eigenvalue weighted by atomic mass is 32.2. The van der Waals surface area contributed by atoms with Crippen molar-refractivity contribution >= 4 is 23.6 Å². The van der Waals surface area contributed by atoms with E-state index in [1.54, 1.807) is 24.8 Å². The molecule has 0 radical (unpaired) electrons. The molecule has 0 aromatic heterocycles. The summed E-state index contributed by atoms with van der Waals surface area (Å²) < 4.78 is 13.8. The smallest absolute Gasteiger partial charge is 0.305 e. The van der Waals surface area contributed by atoms with E-state index >= 15 is 0 Å². The summed E-state index contributed by atoms with van der Waals surface area (Å²) in [6.45, 7) is 2.24. The highest BCUT2D eigenvalue weighted by molar-refractivity contribution is 7.99. The normalized spacial score (nSPS) is 18.9. The Balaban J connectivity index is 2.25. The quantitative estimate of drug-likeness (QED) is 0.929. The summed E-state index contributed by atoms with van der Waals surface area (Å²) in [4.78, 5) is 24.8. The van der Waals surface area contributed by atoms with E-state index < -0.39 is 17.7 Å². The third-order valence-corrected chi connectivity index (χ3v) is 4.34. The Morgan fingerprint density at radius 2 is 2.25 bits per heavy atom. The maximum atomic E-state index is 13.8. The molecule has 6 heteroatoms. The van der Waals surface area contributed by atoms with Crippen molar-refractivity contribution < 1.29 is 19.1 Å². The lowest BCUT2D eigenvalue weighted by molar-refractivity contribution is -0.138. The summed E-state index contributed by atoms with van der Waals surface area (Å²) in [6.07, 6.45) is -0.105. The summed E-state index contributed by atoms with van der Waals surface area (Å²) in [5.41, 5.74) is 0.822. The van der Waals surface area contributed by atoms with Gasteiger partial charge in [0.05, 0.1) is 18.0 Å². The van der Waals surface area contributed by atoms with Gasteiger partial charge in [-0.2, -0.15) is 11.8 Å². The number of carbonyl (C=O) groups is 2. The van der Waals surface area contributed by atoms with E-state index in [1.807, 2.05) is 0 Å². The molecule has 1 amide bonds. The molecular weight excluding hydrogens is 281 g/mol. The number of halogens is 1. The van der Waals surface area contributed by atoms with Crippen LogP contribution in [0.3, 0.4) is 0 Å². The minimum absolute atomic E-state index is 0.0206. The van der Waals surface area contributed by atoms with Crippen LogP contribution < -0.4 is 0 Å². The fourth-order valence-corrected chi connectivity index (χ4v) is 3.31. The number of carboxylic acid groups (broad SMARTS) is 1. The molecule has 1 unspecified atom stereocenters. The van der Waals surface area contributed by atoms with Crippen molar-refractivity contribution in [3.05, 3.63) is 35.1 Å². The van der Waals surface area contributed by atoms with Gasteiger partial charge in [-0.25, -0.2) is 4.39 Å². The summed E-state index contributed by atoms with van der Waals surface area (Å²) in [6, 6.07) is 4.01. The molecule has 0 spiro atoms. The first-order chi connectivity index (χ1) is 9.49. The second kappa shape index (κ2) is 6.26. The predicted molar refractivity (Wildman–Crippen MR) is 75.5 cm³/mol. The summed E-state index contributed by atoms with van der Waals surface area (Å²) in [5.74, 6) is -0.605. The monoisotopic (exact) mass is 297 g/mol. The number of aryl methyl sites for hydroxylation is 1. The number of rotatable bonds is 3. The topological polar surface area (TPSA) is 57.6 Å². The van der Waals surface area contributed by atoms with Gasteiger partial charge in [0.1, 0.15) is 5.82 Å². The Hall–Kier alpha value is -1.56. The maximum Gasteiger partial charge on any atom is 0.305 e. The van der Waals surface area contributed by atoms with Crippen LogP contribution in [0.1, 0.15) is 22.3 Å². The Morgan fingerprint density at radius 3 is 2.95 bits per heavy atom. The van der Waals surface area contributed by atoms with Gasteiger partial charge in [0.15, 0.2) is 0 Å². The number of hydrogen-bond acceptors (Lipinski definition) is 3. The van der Waals surface area contributed by atoms with E-state index in [2.05, 4.69) is 0 Å². The van der Waals surface area contributed by atoms with Gasteiger partial charge >= 0.3 is 5.97 Å². The van der Waals surface area contributed by atoms with Gasteiger partial charge < -0.3 is 10.0 Å². The molecule has 2 rings (SSSR count). The van der Waals surface area contributed by atoms with E-state index in [9.17, 15) is 14.0 Å². The van der Waals surface area contributed by atoms with Gasteiger partial charge in [0.2, 0.25) is 0 Å². The molecule has 1 aromatic carbocycles. The van der Waals surface area contributed by atoms with Crippen molar-refractivity contribution in [2.45, 2.75) is 19.4 Å². The minimum atomic E-state index is -0.944. The molecule has 1 heterocycles. The Morgan fingerprint density at radius 1 is 1.50 bits per heavy atom. The lowest BCUT2D eigenvalue weighted by atomic mass is 10.1. The third-order valence-electron chi connectivity index (χ3n) is 3.25. The zero-order valence-corrected chi connectivity index (χ0v) is 12.0. The zero-order valence-electron chi connectivity index (χ0n) is 11.1. The van der Waals surface area contributed by atoms with E-state index in [-0.39, 0.29) is 18.0 Å². The molecule has 1 fully saturated rings. The first kappa shape index (κ1) is 14.8. The van der Waals surface area contributed by atoms with Crippen molar-refractivity contribution in [1.82, 2.24) is 4.90 Å². The van der Waals surface area contributed by atoms with Crippen LogP contribution in [-0.2, 0) is 4.79 Å². The summed E-state index contributed by atoms with van der Waals surface area (Å²) >= 11 is 1.62.